The highest BCUT2D eigenvalue weighted by Gasteiger charge is 2.23. The van der Waals surface area contributed by atoms with Gasteiger partial charge in [-0.1, -0.05) is 0 Å². The molecule has 2 heterocycles. The Labute approximate surface area is 113 Å². The van der Waals surface area contributed by atoms with E-state index in [2.05, 4.69) is 29.1 Å². The quantitative estimate of drug-likeness (QED) is 0.909. The minimum absolute atomic E-state index is 0.0991. The molecule has 1 fully saturated rings. The van der Waals surface area contributed by atoms with Crippen LogP contribution in [0.15, 0.2) is 16.8 Å². The van der Waals surface area contributed by atoms with Gasteiger partial charge in [-0.25, -0.2) is 0 Å². The van der Waals surface area contributed by atoms with Crippen LogP contribution >= 0.6 is 11.3 Å². The zero-order chi connectivity index (χ0) is 13.0. The molecule has 0 spiro atoms. The summed E-state index contributed by atoms with van der Waals surface area (Å²) in [7, 11) is 0. The van der Waals surface area contributed by atoms with Crippen LogP contribution in [0.3, 0.4) is 0 Å². The number of hydrogen-bond donors (Lipinski definition) is 1. The fourth-order valence-electron chi connectivity index (χ4n) is 2.45. The van der Waals surface area contributed by atoms with Gasteiger partial charge < -0.3 is 4.90 Å². The minimum atomic E-state index is -0.0991. The zero-order valence-corrected chi connectivity index (χ0v) is 12.0. The summed E-state index contributed by atoms with van der Waals surface area (Å²) < 4.78 is 0. The number of piperidine rings is 1. The molecule has 2 atom stereocenters. The number of nitrogens with one attached hydrogen (secondary N) is 1. The van der Waals surface area contributed by atoms with Crippen LogP contribution in [-0.4, -0.2) is 29.9 Å². The Morgan fingerprint density at radius 3 is 2.67 bits per heavy atom. The van der Waals surface area contributed by atoms with E-state index in [4.69, 9.17) is 0 Å². The molecular weight excluding hydrogens is 244 g/mol. The Morgan fingerprint density at radius 1 is 1.33 bits per heavy atom. The Bertz CT molecular complexity index is 371. The van der Waals surface area contributed by atoms with Gasteiger partial charge in [0.1, 0.15) is 0 Å². The van der Waals surface area contributed by atoms with E-state index in [0.29, 0.717) is 0 Å². The van der Waals surface area contributed by atoms with Gasteiger partial charge in [0.15, 0.2) is 0 Å². The molecule has 1 amide bonds. The average molecular weight is 266 g/mol. The molecule has 1 saturated heterocycles. The standard InChI is InChI=1S/C14H22N2OS/c1-11(13-6-9-18-10-13)15-12(2)14(17)16-7-4-3-5-8-16/h6,9-12,15H,3-5,7-8H2,1-2H3. The third-order valence-electron chi connectivity index (χ3n) is 3.58. The van der Waals surface area contributed by atoms with E-state index < -0.39 is 0 Å². The second kappa shape index (κ2) is 6.34. The number of likely N-dealkylation sites (tertiary alicyclic amines) is 1. The second-order valence-electron chi connectivity index (χ2n) is 5.05. The molecule has 0 bridgehead atoms. The van der Waals surface area contributed by atoms with Gasteiger partial charge in [-0.2, -0.15) is 11.3 Å². The van der Waals surface area contributed by atoms with Gasteiger partial charge in [-0.05, 0) is 55.5 Å². The van der Waals surface area contributed by atoms with Crippen molar-refractivity contribution in [1.29, 1.82) is 0 Å². The monoisotopic (exact) mass is 266 g/mol. The summed E-state index contributed by atoms with van der Waals surface area (Å²) in [6.07, 6.45) is 3.56. The molecule has 0 radical (unpaired) electrons. The minimum Gasteiger partial charge on any atom is -0.341 e. The number of rotatable bonds is 4. The van der Waals surface area contributed by atoms with Gasteiger partial charge >= 0.3 is 0 Å². The van der Waals surface area contributed by atoms with Crippen LogP contribution in [0.1, 0.15) is 44.7 Å². The zero-order valence-electron chi connectivity index (χ0n) is 11.2. The van der Waals surface area contributed by atoms with Crippen molar-refractivity contribution >= 4 is 17.2 Å². The molecule has 4 heteroatoms. The summed E-state index contributed by atoms with van der Waals surface area (Å²) in [6.45, 7) is 5.94. The number of carbonyl (C=O) groups excluding carboxylic acids is 1. The Balaban J connectivity index is 1.86. The number of hydrogen-bond acceptors (Lipinski definition) is 3. The largest absolute Gasteiger partial charge is 0.341 e. The lowest BCUT2D eigenvalue weighted by atomic mass is 10.1. The van der Waals surface area contributed by atoms with E-state index in [-0.39, 0.29) is 18.0 Å². The molecule has 1 aromatic rings. The van der Waals surface area contributed by atoms with Crippen LogP contribution in [0, 0.1) is 0 Å². The van der Waals surface area contributed by atoms with Gasteiger partial charge in [0.25, 0.3) is 0 Å². The predicted molar refractivity (Wildman–Crippen MR) is 75.8 cm³/mol. The Morgan fingerprint density at radius 2 is 2.06 bits per heavy atom. The molecule has 2 unspecified atom stereocenters. The lowest BCUT2D eigenvalue weighted by Gasteiger charge is -2.30. The van der Waals surface area contributed by atoms with E-state index >= 15 is 0 Å². The van der Waals surface area contributed by atoms with Crippen molar-refractivity contribution in [3.8, 4) is 0 Å². The fourth-order valence-corrected chi connectivity index (χ4v) is 3.21. The fraction of sp³-hybridized carbons (Fsp3) is 0.643. The molecule has 18 heavy (non-hydrogen) atoms. The first-order chi connectivity index (χ1) is 8.68. The molecule has 2 rings (SSSR count). The summed E-state index contributed by atoms with van der Waals surface area (Å²) in [5.74, 6) is 0.247. The molecular formula is C14H22N2OS. The van der Waals surface area contributed by atoms with Crippen molar-refractivity contribution in [3.05, 3.63) is 22.4 Å². The van der Waals surface area contributed by atoms with Crippen LogP contribution in [0.2, 0.25) is 0 Å². The third-order valence-corrected chi connectivity index (χ3v) is 4.28. The molecule has 100 valence electrons. The van der Waals surface area contributed by atoms with E-state index in [9.17, 15) is 4.79 Å². The first-order valence-electron chi connectivity index (χ1n) is 6.75. The summed E-state index contributed by atoms with van der Waals surface area (Å²) >= 11 is 1.70. The smallest absolute Gasteiger partial charge is 0.239 e. The molecule has 0 aliphatic carbocycles. The highest BCUT2D eigenvalue weighted by molar-refractivity contribution is 7.07. The second-order valence-corrected chi connectivity index (χ2v) is 5.83. The number of carbonyl (C=O) groups is 1. The number of nitrogens with zero attached hydrogens (tertiary/aromatic N) is 1. The molecule has 1 aromatic heterocycles. The molecule has 3 nitrogen and oxygen atoms in total. The van der Waals surface area contributed by atoms with Gasteiger partial charge in [-0.3, -0.25) is 10.1 Å². The van der Waals surface area contributed by atoms with Crippen LogP contribution in [0.25, 0.3) is 0 Å². The maximum absolute atomic E-state index is 12.3. The maximum Gasteiger partial charge on any atom is 0.239 e. The van der Waals surface area contributed by atoms with Gasteiger partial charge in [-0.15, -0.1) is 0 Å². The highest BCUT2D eigenvalue weighted by atomic mass is 32.1. The van der Waals surface area contributed by atoms with Crippen molar-refractivity contribution in [2.24, 2.45) is 0 Å². The lowest BCUT2D eigenvalue weighted by Crippen LogP contribution is -2.47. The van der Waals surface area contributed by atoms with Gasteiger partial charge in [0.05, 0.1) is 6.04 Å². The summed E-state index contributed by atoms with van der Waals surface area (Å²) in [6, 6.07) is 2.25. The Kier molecular flexibility index (Phi) is 4.78. The van der Waals surface area contributed by atoms with Crippen molar-refractivity contribution < 1.29 is 4.79 Å². The highest BCUT2D eigenvalue weighted by Crippen LogP contribution is 2.17. The lowest BCUT2D eigenvalue weighted by molar-refractivity contribution is -0.134. The first kappa shape index (κ1) is 13.6. The van der Waals surface area contributed by atoms with Gasteiger partial charge in [0.2, 0.25) is 5.91 Å². The molecule has 0 aromatic carbocycles. The van der Waals surface area contributed by atoms with Crippen molar-refractivity contribution in [1.82, 2.24) is 10.2 Å². The third kappa shape index (κ3) is 3.33. The topological polar surface area (TPSA) is 32.3 Å². The number of amides is 1. The van der Waals surface area contributed by atoms with E-state index in [1.165, 1.54) is 12.0 Å². The normalized spacial score (nSPS) is 19.6. The maximum atomic E-state index is 12.3. The van der Waals surface area contributed by atoms with E-state index in [1.54, 1.807) is 11.3 Å². The molecule has 1 aliphatic rings. The van der Waals surface area contributed by atoms with E-state index in [1.807, 2.05) is 11.8 Å². The van der Waals surface area contributed by atoms with Crippen LogP contribution in [0.4, 0.5) is 0 Å². The average Bonchev–Trinajstić information content (AvgIpc) is 2.92. The van der Waals surface area contributed by atoms with E-state index in [0.717, 1.165) is 25.9 Å². The van der Waals surface area contributed by atoms with Crippen molar-refractivity contribution in [3.63, 3.8) is 0 Å². The summed E-state index contributed by atoms with van der Waals surface area (Å²) in [5.41, 5.74) is 1.26. The van der Waals surface area contributed by atoms with Crippen molar-refractivity contribution in [2.75, 3.05) is 13.1 Å². The SMILES string of the molecule is CC(NC(C)c1ccsc1)C(=O)N1CCCCC1. The first-order valence-corrected chi connectivity index (χ1v) is 7.69. The van der Waals surface area contributed by atoms with Crippen LogP contribution < -0.4 is 5.32 Å². The van der Waals surface area contributed by atoms with Crippen LogP contribution in [0.5, 0.6) is 0 Å². The number of thiophene rings is 1. The van der Waals surface area contributed by atoms with Gasteiger partial charge in [0, 0.05) is 19.1 Å². The van der Waals surface area contributed by atoms with Crippen molar-refractivity contribution in [2.45, 2.75) is 45.2 Å². The molecule has 1 N–H and O–H groups in total. The van der Waals surface area contributed by atoms with Crippen LogP contribution in [-0.2, 0) is 4.79 Å². The summed E-state index contributed by atoms with van der Waals surface area (Å²) in [4.78, 5) is 14.3. The summed E-state index contributed by atoms with van der Waals surface area (Å²) in [5, 5.41) is 7.60. The molecule has 0 saturated carbocycles. The predicted octanol–water partition coefficient (Wildman–Crippen LogP) is 2.80. The molecule has 1 aliphatic heterocycles. The Hall–Kier alpha value is -0.870.